The summed E-state index contributed by atoms with van der Waals surface area (Å²) in [5.41, 5.74) is 1.02. The Hall–Kier alpha value is -3.37. The van der Waals surface area contributed by atoms with Crippen LogP contribution in [0.25, 0.3) is 16.5 Å². The van der Waals surface area contributed by atoms with Crippen molar-refractivity contribution in [2.75, 3.05) is 26.8 Å². The Bertz CT molecular complexity index is 1260. The molecule has 178 valence electrons. The summed E-state index contributed by atoms with van der Waals surface area (Å²) in [6.45, 7) is 3.62. The van der Waals surface area contributed by atoms with Crippen LogP contribution in [0.15, 0.2) is 47.1 Å². The summed E-state index contributed by atoms with van der Waals surface area (Å²) in [4.78, 5) is 20.4. The molecule has 3 aromatic heterocycles. The molecule has 0 aliphatic carbocycles. The van der Waals surface area contributed by atoms with Gasteiger partial charge in [-0.25, -0.2) is 0 Å². The maximum absolute atomic E-state index is 12.2. The number of ether oxygens (including phenoxy) is 2. The largest absolute Gasteiger partial charge is 0.497 e. The molecule has 9 nitrogen and oxygen atoms in total. The van der Waals surface area contributed by atoms with Gasteiger partial charge in [-0.2, -0.15) is 9.50 Å². The van der Waals surface area contributed by atoms with E-state index in [4.69, 9.17) is 13.9 Å². The van der Waals surface area contributed by atoms with Crippen LogP contribution in [0.2, 0.25) is 0 Å². The molecular weight excluding hydrogens is 456 g/mol. The number of fused-ring (bicyclic) bond motifs is 1. The number of piperidine rings is 1. The van der Waals surface area contributed by atoms with E-state index in [2.05, 4.69) is 15.0 Å². The zero-order valence-corrected chi connectivity index (χ0v) is 19.8. The number of nitrogens with zero attached hydrogens (tertiary/aromatic N) is 4. The molecule has 4 heterocycles. The fourth-order valence-electron chi connectivity index (χ4n) is 4.41. The summed E-state index contributed by atoms with van der Waals surface area (Å²) in [5, 5.41) is 15.6. The van der Waals surface area contributed by atoms with Crippen molar-refractivity contribution in [3.63, 3.8) is 0 Å². The minimum absolute atomic E-state index is 0.0543. The molecule has 1 unspecified atom stereocenters. The van der Waals surface area contributed by atoms with Crippen molar-refractivity contribution in [2.24, 2.45) is 5.92 Å². The highest BCUT2D eigenvalue weighted by molar-refractivity contribution is 7.17. The predicted molar refractivity (Wildman–Crippen MR) is 126 cm³/mol. The highest BCUT2D eigenvalue weighted by Gasteiger charge is 2.34. The van der Waals surface area contributed by atoms with E-state index in [1.165, 1.54) is 15.9 Å². The Morgan fingerprint density at radius 3 is 2.65 bits per heavy atom. The average molecular weight is 483 g/mol. The van der Waals surface area contributed by atoms with Gasteiger partial charge in [-0.3, -0.25) is 9.69 Å². The zero-order chi connectivity index (χ0) is 23.7. The molecule has 1 saturated heterocycles. The lowest BCUT2D eigenvalue weighted by Crippen LogP contribution is -2.39. The third-order valence-electron chi connectivity index (χ3n) is 6.14. The number of methoxy groups -OCH3 is 1. The molecule has 10 heteroatoms. The van der Waals surface area contributed by atoms with Crippen molar-refractivity contribution in [3.8, 4) is 23.2 Å². The molecule has 0 amide bonds. The summed E-state index contributed by atoms with van der Waals surface area (Å²) in [6, 6.07) is 11.2. The van der Waals surface area contributed by atoms with E-state index in [-0.39, 0.29) is 23.8 Å². The van der Waals surface area contributed by atoms with Gasteiger partial charge in [0.25, 0.3) is 0 Å². The van der Waals surface area contributed by atoms with E-state index in [1.54, 1.807) is 25.5 Å². The van der Waals surface area contributed by atoms with Gasteiger partial charge in [0, 0.05) is 0 Å². The number of aromatic nitrogens is 3. The van der Waals surface area contributed by atoms with Crippen molar-refractivity contribution in [1.82, 2.24) is 19.5 Å². The van der Waals surface area contributed by atoms with Crippen LogP contribution < -0.4 is 4.74 Å². The Labute approximate surface area is 200 Å². The van der Waals surface area contributed by atoms with Gasteiger partial charge >= 0.3 is 5.97 Å². The predicted octanol–water partition coefficient (Wildman–Crippen LogP) is 4.13. The molecule has 34 heavy (non-hydrogen) atoms. The molecule has 0 spiro atoms. The Kier molecular flexibility index (Phi) is 6.25. The molecule has 0 radical (unpaired) electrons. The molecule has 1 atom stereocenters. The first-order valence-corrected chi connectivity index (χ1v) is 12.1. The lowest BCUT2D eigenvalue weighted by Gasteiger charge is -2.36. The minimum atomic E-state index is -0.213. The first-order valence-electron chi connectivity index (χ1n) is 11.3. The second-order valence-electron chi connectivity index (χ2n) is 8.13. The number of carbonyl (C=O) groups is 1. The first-order chi connectivity index (χ1) is 16.6. The second-order valence-corrected chi connectivity index (χ2v) is 9.14. The van der Waals surface area contributed by atoms with E-state index in [0.717, 1.165) is 16.2 Å². The van der Waals surface area contributed by atoms with Gasteiger partial charge in [0.05, 0.1) is 36.8 Å². The molecule has 0 saturated carbocycles. The molecular formula is C24H26N4O5S. The topological polar surface area (TPSA) is 102 Å². The monoisotopic (exact) mass is 482 g/mol. The van der Waals surface area contributed by atoms with Gasteiger partial charge < -0.3 is 19.0 Å². The van der Waals surface area contributed by atoms with Crippen LogP contribution >= 0.6 is 11.3 Å². The summed E-state index contributed by atoms with van der Waals surface area (Å²) >= 11 is 1.40. The number of thiazole rings is 1. The van der Waals surface area contributed by atoms with Crippen LogP contribution in [-0.4, -0.2) is 57.4 Å². The normalized spacial score (nSPS) is 16.1. The number of benzene rings is 1. The van der Waals surface area contributed by atoms with Crippen molar-refractivity contribution < 1.29 is 23.8 Å². The summed E-state index contributed by atoms with van der Waals surface area (Å²) < 4.78 is 17.4. The minimum Gasteiger partial charge on any atom is -0.497 e. The van der Waals surface area contributed by atoms with E-state index in [1.807, 2.05) is 31.2 Å². The molecule has 5 rings (SSSR count). The fourth-order valence-corrected chi connectivity index (χ4v) is 5.52. The van der Waals surface area contributed by atoms with Gasteiger partial charge in [-0.1, -0.05) is 23.5 Å². The molecule has 1 fully saturated rings. The van der Waals surface area contributed by atoms with Crippen LogP contribution in [-0.2, 0) is 9.53 Å². The molecule has 1 aromatic carbocycles. The molecule has 1 N–H and O–H groups in total. The fraction of sp³-hybridized carbons (Fsp3) is 0.375. The number of furan rings is 1. The number of esters is 1. The van der Waals surface area contributed by atoms with Crippen LogP contribution in [0, 0.1) is 5.92 Å². The number of hydrogen-bond acceptors (Lipinski definition) is 9. The lowest BCUT2D eigenvalue weighted by atomic mass is 9.93. The van der Waals surface area contributed by atoms with E-state index in [0.29, 0.717) is 49.1 Å². The molecule has 0 bridgehead atoms. The number of likely N-dealkylation sites (tertiary alicyclic amines) is 1. The number of aromatic hydroxyl groups is 1. The van der Waals surface area contributed by atoms with Crippen molar-refractivity contribution in [2.45, 2.75) is 25.8 Å². The Balaban J connectivity index is 1.48. The van der Waals surface area contributed by atoms with Crippen molar-refractivity contribution >= 4 is 22.3 Å². The van der Waals surface area contributed by atoms with Gasteiger partial charge in [-0.15, -0.1) is 5.10 Å². The number of hydrogen-bond donors (Lipinski definition) is 1. The Morgan fingerprint density at radius 1 is 1.26 bits per heavy atom. The summed E-state index contributed by atoms with van der Waals surface area (Å²) in [7, 11) is 1.63. The van der Waals surface area contributed by atoms with E-state index >= 15 is 0 Å². The van der Waals surface area contributed by atoms with Crippen LogP contribution in [0.5, 0.6) is 11.6 Å². The quantitative estimate of drug-likeness (QED) is 0.392. The third-order valence-corrected chi connectivity index (χ3v) is 7.21. The van der Waals surface area contributed by atoms with Gasteiger partial charge in [0.1, 0.15) is 5.75 Å². The third kappa shape index (κ3) is 4.14. The maximum atomic E-state index is 12.2. The highest BCUT2D eigenvalue weighted by Crippen LogP contribution is 2.42. The summed E-state index contributed by atoms with van der Waals surface area (Å²) in [5.74, 6) is 1.56. The molecule has 4 aromatic rings. The van der Waals surface area contributed by atoms with Crippen molar-refractivity contribution in [3.05, 3.63) is 53.1 Å². The van der Waals surface area contributed by atoms with Crippen LogP contribution in [0.3, 0.4) is 0 Å². The van der Waals surface area contributed by atoms with Crippen LogP contribution in [0.4, 0.5) is 0 Å². The molecule has 1 aliphatic rings. The Morgan fingerprint density at radius 2 is 2.03 bits per heavy atom. The standard InChI is InChI=1S/C24H26N4O5S/c1-3-32-23(30)16-10-12-27(13-11-16)19(15-6-8-17(31-2)9-7-15)20-22(29)28-24(34-20)25-21(26-28)18-5-4-14-33-18/h4-9,14,16,19,29H,3,10-13H2,1-2H3. The zero-order valence-electron chi connectivity index (χ0n) is 19.0. The number of rotatable bonds is 7. The van der Waals surface area contributed by atoms with Crippen LogP contribution in [0.1, 0.15) is 36.2 Å². The van der Waals surface area contributed by atoms with E-state index in [9.17, 15) is 9.90 Å². The van der Waals surface area contributed by atoms with Gasteiger partial charge in [0.2, 0.25) is 16.7 Å². The van der Waals surface area contributed by atoms with Gasteiger partial charge in [0.15, 0.2) is 5.76 Å². The van der Waals surface area contributed by atoms with Gasteiger partial charge in [-0.05, 0) is 62.7 Å². The maximum Gasteiger partial charge on any atom is 0.309 e. The second kappa shape index (κ2) is 9.47. The summed E-state index contributed by atoms with van der Waals surface area (Å²) in [6.07, 6.45) is 2.97. The first kappa shape index (κ1) is 22.4. The molecule has 1 aliphatic heterocycles. The lowest BCUT2D eigenvalue weighted by molar-refractivity contribution is -0.149. The average Bonchev–Trinajstić information content (AvgIpc) is 3.59. The smallest absolute Gasteiger partial charge is 0.309 e. The SMILES string of the molecule is CCOC(=O)C1CCN(C(c2ccc(OC)cc2)c2sc3nc(-c4ccco4)nn3c2O)CC1. The van der Waals surface area contributed by atoms with Crippen molar-refractivity contribution in [1.29, 1.82) is 0 Å². The van der Waals surface area contributed by atoms with E-state index < -0.39 is 0 Å². The number of carbonyl (C=O) groups excluding carboxylic acids is 1. The highest BCUT2D eigenvalue weighted by atomic mass is 32.1.